The molecule has 7 atom stereocenters. The minimum Gasteiger partial charge on any atom is -0.466 e. The Bertz CT molecular complexity index is 1410. The summed E-state index contributed by atoms with van der Waals surface area (Å²) in [6, 6.07) is -0.808. The number of rotatable bonds is 59. The molecule has 0 aromatic heterocycles. The summed E-state index contributed by atoms with van der Waals surface area (Å²) in [7, 11) is 0. The normalized spacial score (nSPS) is 18.6. The molecule has 1 fully saturated rings. The molecule has 1 rings (SSSR count). The maximum atomic E-state index is 13.0. The molecule has 1 aliphatic heterocycles. The Labute approximate surface area is 485 Å². The van der Waals surface area contributed by atoms with Crippen LogP contribution in [0.2, 0.25) is 0 Å². The summed E-state index contributed by atoms with van der Waals surface area (Å²) in [6.45, 7) is 4.33. The smallest absolute Gasteiger partial charge is 0.305 e. The summed E-state index contributed by atoms with van der Waals surface area (Å²) in [5.74, 6) is -0.177. The lowest BCUT2D eigenvalue weighted by molar-refractivity contribution is -0.302. The number of unbranched alkanes of at least 4 members (excludes halogenated alkanes) is 41. The molecule has 1 heterocycles. The van der Waals surface area contributed by atoms with Crippen molar-refractivity contribution in [3.05, 3.63) is 36.5 Å². The van der Waals surface area contributed by atoms with Crippen molar-refractivity contribution in [3.63, 3.8) is 0 Å². The minimum absolute atomic E-state index is 0.00494. The molecule has 0 aromatic rings. The lowest BCUT2D eigenvalue weighted by Crippen LogP contribution is -2.60. The number of esters is 1. The highest BCUT2D eigenvalue weighted by Gasteiger charge is 2.44. The van der Waals surface area contributed by atoms with Gasteiger partial charge in [0.1, 0.15) is 24.4 Å². The predicted octanol–water partition coefficient (Wildman–Crippen LogP) is 16.6. The van der Waals surface area contributed by atoms with Gasteiger partial charge in [0.05, 0.1) is 32.0 Å². The number of hydrogen-bond acceptors (Lipinski definition) is 10. The largest absolute Gasteiger partial charge is 0.466 e. The summed E-state index contributed by atoms with van der Waals surface area (Å²) >= 11 is 0. The van der Waals surface area contributed by atoms with E-state index in [-0.39, 0.29) is 18.5 Å². The first kappa shape index (κ1) is 74.9. The number of aliphatic hydroxyl groups is 5. The van der Waals surface area contributed by atoms with Crippen LogP contribution in [0.5, 0.6) is 0 Å². The lowest BCUT2D eigenvalue weighted by Gasteiger charge is -2.40. The van der Waals surface area contributed by atoms with Gasteiger partial charge in [-0.2, -0.15) is 0 Å². The van der Waals surface area contributed by atoms with Gasteiger partial charge >= 0.3 is 5.97 Å². The highest BCUT2D eigenvalue weighted by atomic mass is 16.7. The van der Waals surface area contributed by atoms with Crippen LogP contribution in [-0.4, -0.2) is 100 Å². The summed E-state index contributed by atoms with van der Waals surface area (Å²) in [5, 5.41) is 54.3. The standard InChI is InChI=1S/C68H127NO10/c1-3-5-7-9-11-13-35-40-44-48-52-56-64(73)77-57-53-49-45-41-37-34-32-30-28-26-24-22-20-18-16-14-15-17-19-21-23-25-27-29-31-33-36-39-43-47-51-55-63(72)69-60(61(71)54-50-46-42-38-12-10-8-6-4-2)59-78-68-67(76)66(75)65(74)62(58-70)79-68/h16,18,22,24,50,54,60-62,65-68,70-71,74-76H,3-15,17,19-21,23,25-49,51-53,55-59H2,1-2H3,(H,69,72)/b18-16-,24-22-,54-50+. The second-order valence-electron chi connectivity index (χ2n) is 23.5. The van der Waals surface area contributed by atoms with Crippen molar-refractivity contribution < 1.29 is 49.3 Å². The summed E-state index contributed by atoms with van der Waals surface area (Å²) in [5.41, 5.74) is 0. The Morgan fingerprint density at radius 1 is 0.468 bits per heavy atom. The van der Waals surface area contributed by atoms with Crippen LogP contribution in [0, 0.1) is 0 Å². The van der Waals surface area contributed by atoms with E-state index >= 15 is 0 Å². The fraction of sp³-hybridized carbons (Fsp3) is 0.882. The Balaban J connectivity index is 1.95. The zero-order chi connectivity index (χ0) is 57.3. The van der Waals surface area contributed by atoms with E-state index < -0.39 is 49.5 Å². The topological polar surface area (TPSA) is 175 Å². The van der Waals surface area contributed by atoms with E-state index in [9.17, 15) is 35.1 Å². The van der Waals surface area contributed by atoms with Crippen LogP contribution in [0.4, 0.5) is 0 Å². The van der Waals surface area contributed by atoms with Crippen molar-refractivity contribution in [2.75, 3.05) is 19.8 Å². The Kier molecular flexibility index (Phi) is 54.7. The van der Waals surface area contributed by atoms with E-state index in [1.54, 1.807) is 6.08 Å². The van der Waals surface area contributed by atoms with Crippen molar-refractivity contribution in [2.45, 2.75) is 365 Å². The first-order valence-electron chi connectivity index (χ1n) is 33.8. The van der Waals surface area contributed by atoms with Crippen LogP contribution < -0.4 is 5.32 Å². The number of allylic oxidation sites excluding steroid dienone is 5. The van der Waals surface area contributed by atoms with Crippen LogP contribution in [-0.2, 0) is 23.8 Å². The molecule has 11 heteroatoms. The first-order valence-corrected chi connectivity index (χ1v) is 33.8. The first-order chi connectivity index (χ1) is 38.7. The highest BCUT2D eigenvalue weighted by molar-refractivity contribution is 5.76. The van der Waals surface area contributed by atoms with Crippen LogP contribution >= 0.6 is 0 Å². The molecule has 1 amide bonds. The van der Waals surface area contributed by atoms with Gasteiger partial charge in [0.25, 0.3) is 0 Å². The molecule has 0 aliphatic carbocycles. The molecule has 0 saturated carbocycles. The van der Waals surface area contributed by atoms with Crippen molar-refractivity contribution in [3.8, 4) is 0 Å². The van der Waals surface area contributed by atoms with Crippen molar-refractivity contribution in [2.24, 2.45) is 0 Å². The molecule has 1 saturated heterocycles. The van der Waals surface area contributed by atoms with E-state index in [0.29, 0.717) is 19.4 Å². The van der Waals surface area contributed by atoms with E-state index in [4.69, 9.17) is 14.2 Å². The number of carbonyl (C=O) groups is 2. The van der Waals surface area contributed by atoms with Crippen LogP contribution in [0.15, 0.2) is 36.5 Å². The molecule has 6 N–H and O–H groups in total. The summed E-state index contributed by atoms with van der Waals surface area (Å²) in [4.78, 5) is 25.0. The molecule has 11 nitrogen and oxygen atoms in total. The summed E-state index contributed by atoms with van der Waals surface area (Å²) < 4.78 is 16.7. The van der Waals surface area contributed by atoms with E-state index in [0.717, 1.165) is 64.2 Å². The van der Waals surface area contributed by atoms with Crippen molar-refractivity contribution in [1.82, 2.24) is 5.32 Å². The molecule has 1 aliphatic rings. The quantitative estimate of drug-likeness (QED) is 0.0195. The van der Waals surface area contributed by atoms with E-state index in [2.05, 4.69) is 43.5 Å². The van der Waals surface area contributed by atoms with Gasteiger partial charge in [-0.25, -0.2) is 0 Å². The van der Waals surface area contributed by atoms with Gasteiger partial charge in [0, 0.05) is 12.8 Å². The highest BCUT2D eigenvalue weighted by Crippen LogP contribution is 2.23. The Hall–Kier alpha value is -2.12. The number of amides is 1. The number of hydrogen-bond donors (Lipinski definition) is 6. The van der Waals surface area contributed by atoms with Gasteiger partial charge < -0.3 is 45.1 Å². The second kappa shape index (κ2) is 57.7. The Morgan fingerprint density at radius 2 is 0.848 bits per heavy atom. The Morgan fingerprint density at radius 3 is 1.28 bits per heavy atom. The van der Waals surface area contributed by atoms with Crippen molar-refractivity contribution >= 4 is 11.9 Å². The lowest BCUT2D eigenvalue weighted by atomic mass is 9.99. The maximum Gasteiger partial charge on any atom is 0.305 e. The maximum absolute atomic E-state index is 13.0. The average Bonchev–Trinajstić information content (AvgIpc) is 3.49. The molecular formula is C68H127NO10. The monoisotopic (exact) mass is 1120 g/mol. The third kappa shape index (κ3) is 47.0. The predicted molar refractivity (Wildman–Crippen MR) is 329 cm³/mol. The SMILES string of the molecule is CCCCCCCCC/C=C/C(O)C(COC1OC(CO)C(O)C(O)C1O)NC(=O)CCCCCCCCCCCCCCCCC/C=C\C/C=C\CCCCCCCCCCCOC(=O)CCCCCCCCCCCCC. The van der Waals surface area contributed by atoms with Gasteiger partial charge in [-0.3, -0.25) is 9.59 Å². The zero-order valence-electron chi connectivity index (χ0n) is 51.3. The molecule has 79 heavy (non-hydrogen) atoms. The third-order valence-corrected chi connectivity index (χ3v) is 16.0. The van der Waals surface area contributed by atoms with Gasteiger partial charge in [-0.15, -0.1) is 0 Å². The van der Waals surface area contributed by atoms with Gasteiger partial charge in [-0.05, 0) is 64.2 Å². The van der Waals surface area contributed by atoms with Gasteiger partial charge in [-0.1, -0.05) is 281 Å². The number of carbonyl (C=O) groups excluding carboxylic acids is 2. The van der Waals surface area contributed by atoms with Gasteiger partial charge in [0.15, 0.2) is 6.29 Å². The van der Waals surface area contributed by atoms with Crippen LogP contribution in [0.3, 0.4) is 0 Å². The molecule has 7 unspecified atom stereocenters. The molecule has 0 bridgehead atoms. The van der Waals surface area contributed by atoms with Crippen LogP contribution in [0.25, 0.3) is 0 Å². The fourth-order valence-corrected chi connectivity index (χ4v) is 10.6. The van der Waals surface area contributed by atoms with E-state index in [1.807, 2.05) is 6.08 Å². The minimum atomic E-state index is -1.57. The number of ether oxygens (including phenoxy) is 3. The molecule has 0 aromatic carbocycles. The van der Waals surface area contributed by atoms with Crippen molar-refractivity contribution in [1.29, 1.82) is 0 Å². The molecular weight excluding hydrogens is 991 g/mol. The number of nitrogens with one attached hydrogen (secondary N) is 1. The zero-order valence-corrected chi connectivity index (χ0v) is 51.3. The fourth-order valence-electron chi connectivity index (χ4n) is 10.6. The molecule has 464 valence electrons. The van der Waals surface area contributed by atoms with Gasteiger partial charge in [0.2, 0.25) is 5.91 Å². The molecule has 0 radical (unpaired) electrons. The van der Waals surface area contributed by atoms with Crippen LogP contribution in [0.1, 0.15) is 322 Å². The second-order valence-corrected chi connectivity index (χ2v) is 23.5. The van der Waals surface area contributed by atoms with E-state index in [1.165, 1.54) is 231 Å². The molecule has 0 spiro atoms. The average molecular weight is 1120 g/mol. The number of aliphatic hydroxyl groups excluding tert-OH is 5. The third-order valence-electron chi connectivity index (χ3n) is 16.0. The summed E-state index contributed by atoms with van der Waals surface area (Å²) in [6.07, 6.45) is 62.9.